The van der Waals surface area contributed by atoms with E-state index in [4.69, 9.17) is 26.4 Å². The Balaban J connectivity index is 1.75. The van der Waals surface area contributed by atoms with Crippen LogP contribution in [0.1, 0.15) is 49.7 Å². The van der Waals surface area contributed by atoms with E-state index in [1.54, 1.807) is 18.5 Å². The first kappa shape index (κ1) is 25.0. The van der Waals surface area contributed by atoms with Gasteiger partial charge in [-0.25, -0.2) is 4.68 Å². The van der Waals surface area contributed by atoms with Gasteiger partial charge in [0.25, 0.3) is 0 Å². The van der Waals surface area contributed by atoms with Crippen molar-refractivity contribution in [3.05, 3.63) is 58.5 Å². The van der Waals surface area contributed by atoms with Crippen molar-refractivity contribution in [2.45, 2.75) is 45.3 Å². The number of fused-ring (bicyclic) bond motifs is 3. The fourth-order valence-electron chi connectivity index (χ4n) is 5.98. The van der Waals surface area contributed by atoms with Crippen LogP contribution < -0.4 is 0 Å². The number of rotatable bonds is 5. The second-order valence-electron chi connectivity index (χ2n) is 10.8. The number of aryl methyl sites for hydroxylation is 3. The van der Waals surface area contributed by atoms with Gasteiger partial charge in [-0.05, 0) is 57.2 Å². The molecular formula is C28H32ClN7O2. The van der Waals surface area contributed by atoms with Gasteiger partial charge < -0.3 is 14.4 Å². The summed E-state index contributed by atoms with van der Waals surface area (Å²) >= 11 is 6.90. The Hall–Kier alpha value is -3.27. The topological polar surface area (TPSA) is 95.8 Å². The standard InChI is InChI=1S/C28H32ClN7O2/c1-16-23(35(5)33-31-16)18-14-21-22(30-15-18)25-26(27(28(2,3)37)32-34(25)4)36(21)24(17-10-12-38-13-11-17)19-8-6-7-9-20(19)29/h6-9,14-15,17,24,37H,10-13H2,1-5H3. The molecule has 5 aromatic rings. The van der Waals surface area contributed by atoms with Crippen molar-refractivity contribution in [2.24, 2.45) is 20.0 Å². The first-order valence-electron chi connectivity index (χ1n) is 12.9. The third-order valence-electron chi connectivity index (χ3n) is 7.68. The molecule has 1 aliphatic rings. The van der Waals surface area contributed by atoms with Crippen LogP contribution in [0, 0.1) is 12.8 Å². The second kappa shape index (κ2) is 9.18. The molecule has 0 saturated carbocycles. The largest absolute Gasteiger partial charge is 0.384 e. The van der Waals surface area contributed by atoms with Crippen LogP contribution in [0.15, 0.2) is 36.5 Å². The molecule has 1 aliphatic heterocycles. The van der Waals surface area contributed by atoms with Gasteiger partial charge in [-0.2, -0.15) is 5.10 Å². The summed E-state index contributed by atoms with van der Waals surface area (Å²) in [4.78, 5) is 4.98. The van der Waals surface area contributed by atoms with E-state index in [1.165, 1.54) is 0 Å². The van der Waals surface area contributed by atoms with E-state index in [0.717, 1.165) is 57.4 Å². The molecule has 9 nitrogen and oxygen atoms in total. The number of pyridine rings is 1. The van der Waals surface area contributed by atoms with Gasteiger partial charge in [0, 0.05) is 44.1 Å². The first-order chi connectivity index (χ1) is 18.2. The SMILES string of the molecule is Cc1nnn(C)c1-c1cnc2c3c(c(C(C)(C)O)nn3C)n(C(c3ccccc3Cl)C3CCOCC3)c2c1. The van der Waals surface area contributed by atoms with Gasteiger partial charge in [0.15, 0.2) is 0 Å². The molecule has 10 heteroatoms. The van der Waals surface area contributed by atoms with Crippen LogP contribution in [0.25, 0.3) is 33.3 Å². The Morgan fingerprint density at radius 3 is 2.50 bits per heavy atom. The lowest BCUT2D eigenvalue weighted by Gasteiger charge is -2.34. The van der Waals surface area contributed by atoms with Gasteiger partial charge in [0.2, 0.25) is 0 Å². The zero-order valence-electron chi connectivity index (χ0n) is 22.3. The number of benzene rings is 1. The van der Waals surface area contributed by atoms with Crippen molar-refractivity contribution in [3.63, 3.8) is 0 Å². The lowest BCUT2D eigenvalue weighted by Crippen LogP contribution is -2.28. The number of halogens is 1. The summed E-state index contributed by atoms with van der Waals surface area (Å²) in [6.45, 7) is 6.90. The van der Waals surface area contributed by atoms with E-state index in [9.17, 15) is 5.11 Å². The van der Waals surface area contributed by atoms with Crippen LogP contribution in [0.4, 0.5) is 0 Å². The van der Waals surface area contributed by atoms with Gasteiger partial charge in [-0.15, -0.1) is 5.10 Å². The molecule has 38 heavy (non-hydrogen) atoms. The summed E-state index contributed by atoms with van der Waals surface area (Å²) in [5.41, 5.74) is 6.68. The van der Waals surface area contributed by atoms with Crippen molar-refractivity contribution in [3.8, 4) is 11.3 Å². The van der Waals surface area contributed by atoms with E-state index < -0.39 is 5.60 Å². The predicted octanol–water partition coefficient (Wildman–Crippen LogP) is 4.92. The molecule has 6 rings (SSSR count). The van der Waals surface area contributed by atoms with Crippen LogP contribution in [0.3, 0.4) is 0 Å². The molecule has 1 N–H and O–H groups in total. The Bertz CT molecular complexity index is 1630. The predicted molar refractivity (Wildman–Crippen MR) is 147 cm³/mol. The molecule has 0 amide bonds. The molecule has 1 fully saturated rings. The summed E-state index contributed by atoms with van der Waals surface area (Å²) in [6, 6.07) is 10.1. The van der Waals surface area contributed by atoms with Crippen molar-refractivity contribution in [2.75, 3.05) is 13.2 Å². The van der Waals surface area contributed by atoms with E-state index >= 15 is 0 Å². The summed E-state index contributed by atoms with van der Waals surface area (Å²) < 4.78 is 11.7. The molecule has 198 valence electrons. The monoisotopic (exact) mass is 533 g/mol. The fraction of sp³-hybridized carbons (Fsp3) is 0.429. The lowest BCUT2D eigenvalue weighted by molar-refractivity contribution is 0.0548. The molecule has 1 atom stereocenters. The molecule has 0 spiro atoms. The highest BCUT2D eigenvalue weighted by molar-refractivity contribution is 6.31. The number of nitrogens with zero attached hydrogens (tertiary/aromatic N) is 7. The number of aromatic nitrogens is 7. The zero-order valence-corrected chi connectivity index (χ0v) is 23.1. The molecule has 0 aliphatic carbocycles. The minimum Gasteiger partial charge on any atom is -0.384 e. The normalized spacial score (nSPS) is 16.1. The van der Waals surface area contributed by atoms with Crippen molar-refractivity contribution < 1.29 is 9.84 Å². The van der Waals surface area contributed by atoms with Crippen LogP contribution in [0.5, 0.6) is 0 Å². The van der Waals surface area contributed by atoms with Gasteiger partial charge >= 0.3 is 0 Å². The Morgan fingerprint density at radius 2 is 1.84 bits per heavy atom. The van der Waals surface area contributed by atoms with E-state index in [1.807, 2.05) is 50.1 Å². The molecular weight excluding hydrogens is 502 g/mol. The molecule has 0 radical (unpaired) electrons. The summed E-state index contributed by atoms with van der Waals surface area (Å²) in [6.07, 6.45) is 3.66. The van der Waals surface area contributed by atoms with E-state index in [0.29, 0.717) is 23.9 Å². The number of hydrogen-bond acceptors (Lipinski definition) is 6. The molecule has 4 aromatic heterocycles. The fourth-order valence-corrected chi connectivity index (χ4v) is 6.23. The van der Waals surface area contributed by atoms with Crippen LogP contribution in [-0.2, 0) is 24.4 Å². The summed E-state index contributed by atoms with van der Waals surface area (Å²) in [5.74, 6) is 0.265. The summed E-state index contributed by atoms with van der Waals surface area (Å²) in [5, 5.41) is 25.2. The number of hydrogen-bond donors (Lipinski definition) is 1. The molecule has 5 heterocycles. The average Bonchev–Trinajstić information content (AvgIpc) is 3.52. The highest BCUT2D eigenvalue weighted by Crippen LogP contribution is 2.44. The molecule has 0 bridgehead atoms. The molecule has 1 aromatic carbocycles. The smallest absolute Gasteiger partial charge is 0.118 e. The van der Waals surface area contributed by atoms with Crippen molar-refractivity contribution in [1.29, 1.82) is 0 Å². The lowest BCUT2D eigenvalue weighted by atomic mass is 9.86. The maximum atomic E-state index is 11.3. The van der Waals surface area contributed by atoms with Gasteiger partial charge in [-0.1, -0.05) is 35.0 Å². The maximum absolute atomic E-state index is 11.3. The second-order valence-corrected chi connectivity index (χ2v) is 11.2. The third-order valence-corrected chi connectivity index (χ3v) is 8.02. The van der Waals surface area contributed by atoms with Gasteiger partial charge in [-0.3, -0.25) is 9.67 Å². The van der Waals surface area contributed by atoms with E-state index in [2.05, 4.69) is 27.0 Å². The van der Waals surface area contributed by atoms with Crippen LogP contribution in [0.2, 0.25) is 5.02 Å². The zero-order chi connectivity index (χ0) is 26.8. The van der Waals surface area contributed by atoms with Gasteiger partial charge in [0.05, 0.1) is 28.5 Å². The van der Waals surface area contributed by atoms with Crippen LogP contribution >= 0.6 is 11.6 Å². The number of ether oxygens (including phenoxy) is 1. The minimum absolute atomic E-state index is 0.110. The maximum Gasteiger partial charge on any atom is 0.118 e. The Kier molecular flexibility index (Phi) is 6.05. The quantitative estimate of drug-likeness (QED) is 0.344. The van der Waals surface area contributed by atoms with Gasteiger partial charge in [0.1, 0.15) is 22.3 Å². The first-order valence-corrected chi connectivity index (χ1v) is 13.3. The molecule has 1 saturated heterocycles. The van der Waals surface area contributed by atoms with Crippen molar-refractivity contribution >= 4 is 33.7 Å². The highest BCUT2D eigenvalue weighted by Gasteiger charge is 2.36. The minimum atomic E-state index is -1.17. The third kappa shape index (κ3) is 3.92. The average molecular weight is 534 g/mol. The van der Waals surface area contributed by atoms with Crippen molar-refractivity contribution in [1.82, 2.24) is 34.3 Å². The number of aliphatic hydroxyl groups is 1. The molecule has 1 unspecified atom stereocenters. The Labute approximate surface area is 226 Å². The highest BCUT2D eigenvalue weighted by atomic mass is 35.5. The van der Waals surface area contributed by atoms with E-state index in [-0.39, 0.29) is 12.0 Å². The Morgan fingerprint density at radius 1 is 1.11 bits per heavy atom. The summed E-state index contributed by atoms with van der Waals surface area (Å²) in [7, 11) is 3.80. The van der Waals surface area contributed by atoms with Crippen LogP contribution in [-0.4, -0.2) is 52.6 Å².